The van der Waals surface area contributed by atoms with Gasteiger partial charge in [0.1, 0.15) is 0 Å². The van der Waals surface area contributed by atoms with Crippen molar-refractivity contribution in [3.8, 4) is 22.4 Å². The Morgan fingerprint density at radius 2 is 1.45 bits per heavy atom. The third-order valence-corrected chi connectivity index (χ3v) is 4.32. The molecule has 3 aromatic rings. The standard InChI is InChI=1S/C28H35N/c1-20-13-14-22(15-25(20)21-11-9-8-10-12-21)26-16-23(17-27(2,3)4)24(19-29-26)18-28(5,6)7/h8-16,19H,17-18H2,1-7H3/i1D3,17D2,18D2. The molecule has 0 N–H and O–H groups in total. The van der Waals surface area contributed by atoms with E-state index in [1.54, 1.807) is 65.8 Å². The Bertz CT molecular complexity index is 1230. The highest BCUT2D eigenvalue weighted by molar-refractivity contribution is 5.74. The van der Waals surface area contributed by atoms with E-state index in [0.29, 0.717) is 16.8 Å². The van der Waals surface area contributed by atoms with Gasteiger partial charge in [-0.15, -0.1) is 0 Å². The Morgan fingerprint density at radius 3 is 2.07 bits per heavy atom. The van der Waals surface area contributed by atoms with Crippen LogP contribution < -0.4 is 0 Å². The summed E-state index contributed by atoms with van der Waals surface area (Å²) in [5.74, 6) is 0. The van der Waals surface area contributed by atoms with Gasteiger partial charge in [-0.05, 0) is 70.4 Å². The lowest BCUT2D eigenvalue weighted by Gasteiger charge is -2.25. The maximum absolute atomic E-state index is 8.99. The summed E-state index contributed by atoms with van der Waals surface area (Å²) < 4.78 is 59.7. The van der Waals surface area contributed by atoms with Gasteiger partial charge < -0.3 is 0 Å². The molecule has 2 aromatic carbocycles. The van der Waals surface area contributed by atoms with Gasteiger partial charge in [0.15, 0.2) is 0 Å². The van der Waals surface area contributed by atoms with Crippen molar-refractivity contribution in [2.75, 3.05) is 0 Å². The third kappa shape index (κ3) is 5.79. The second kappa shape index (κ2) is 8.14. The van der Waals surface area contributed by atoms with E-state index in [4.69, 9.17) is 9.60 Å². The number of nitrogens with zero attached hydrogens (tertiary/aromatic N) is 1. The molecular weight excluding hydrogens is 350 g/mol. The van der Waals surface area contributed by atoms with E-state index in [1.807, 2.05) is 30.3 Å². The first kappa shape index (κ1) is 13.7. The van der Waals surface area contributed by atoms with Crippen molar-refractivity contribution >= 4 is 0 Å². The minimum absolute atomic E-state index is 0.223. The Balaban J connectivity index is 2.31. The predicted molar refractivity (Wildman–Crippen MR) is 126 cm³/mol. The molecule has 1 nitrogen and oxygen atoms in total. The lowest BCUT2D eigenvalue weighted by atomic mass is 9.81. The molecule has 0 bridgehead atoms. The zero-order chi connectivity index (χ0) is 27.3. The van der Waals surface area contributed by atoms with Crippen LogP contribution in [-0.4, -0.2) is 4.98 Å². The lowest BCUT2D eigenvalue weighted by Crippen LogP contribution is -2.15. The van der Waals surface area contributed by atoms with E-state index in [1.165, 1.54) is 6.20 Å². The molecule has 0 amide bonds. The van der Waals surface area contributed by atoms with Crippen LogP contribution in [0, 0.1) is 17.7 Å². The van der Waals surface area contributed by atoms with Crippen molar-refractivity contribution < 1.29 is 9.60 Å². The van der Waals surface area contributed by atoms with E-state index in [0.717, 1.165) is 5.56 Å². The summed E-state index contributed by atoms with van der Waals surface area (Å²) in [7, 11) is 0. The van der Waals surface area contributed by atoms with Crippen molar-refractivity contribution in [2.24, 2.45) is 10.8 Å². The Morgan fingerprint density at radius 1 is 0.793 bits per heavy atom. The lowest BCUT2D eigenvalue weighted by molar-refractivity contribution is 0.392. The molecule has 0 aliphatic rings. The molecule has 3 rings (SSSR count). The first-order valence-electron chi connectivity index (χ1n) is 13.5. The van der Waals surface area contributed by atoms with Gasteiger partial charge in [-0.1, -0.05) is 84.0 Å². The number of benzene rings is 2. The number of hydrogen-bond donors (Lipinski definition) is 0. The van der Waals surface area contributed by atoms with Crippen molar-refractivity contribution in [2.45, 2.75) is 61.1 Å². The van der Waals surface area contributed by atoms with Crippen LogP contribution in [0.1, 0.15) is 67.8 Å². The summed E-state index contributed by atoms with van der Waals surface area (Å²) in [4.78, 5) is 4.56. The van der Waals surface area contributed by atoms with Crippen LogP contribution in [0.4, 0.5) is 0 Å². The van der Waals surface area contributed by atoms with Gasteiger partial charge >= 0.3 is 0 Å². The van der Waals surface area contributed by atoms with Crippen molar-refractivity contribution in [1.82, 2.24) is 4.98 Å². The number of hydrogen-bond acceptors (Lipinski definition) is 1. The van der Waals surface area contributed by atoms with Gasteiger partial charge in [0.2, 0.25) is 0 Å². The molecule has 29 heavy (non-hydrogen) atoms. The molecule has 1 heterocycles. The zero-order valence-corrected chi connectivity index (χ0v) is 18.2. The smallest absolute Gasteiger partial charge is 0.0705 e. The quantitative estimate of drug-likeness (QED) is 0.439. The molecule has 1 aromatic heterocycles. The van der Waals surface area contributed by atoms with Crippen LogP contribution in [0.5, 0.6) is 0 Å². The highest BCUT2D eigenvalue weighted by Crippen LogP contribution is 2.32. The molecule has 0 saturated heterocycles. The molecule has 1 heteroatoms. The summed E-state index contributed by atoms with van der Waals surface area (Å²) in [5.41, 5.74) is 1.51. The third-order valence-electron chi connectivity index (χ3n) is 4.32. The topological polar surface area (TPSA) is 12.9 Å². The SMILES string of the molecule is [2H]C([2H])([2H])c1ccc(-c2cc(C([2H])([2H])C(C)(C)C)c(C([2H])([2H])C(C)(C)C)cn2)cc1-c1ccccc1. The maximum Gasteiger partial charge on any atom is 0.0705 e. The molecule has 0 fully saturated rings. The number of aryl methyl sites for hydroxylation is 1. The second-order valence-corrected chi connectivity index (χ2v) is 9.49. The summed E-state index contributed by atoms with van der Waals surface area (Å²) >= 11 is 0. The molecular formula is C28H35N. The molecule has 0 unspecified atom stereocenters. The van der Waals surface area contributed by atoms with Gasteiger partial charge in [-0.2, -0.15) is 0 Å². The Labute approximate surface area is 187 Å². The fourth-order valence-corrected chi connectivity index (χ4v) is 3.18. The summed E-state index contributed by atoms with van der Waals surface area (Å²) in [6.07, 6.45) is -2.26. The maximum atomic E-state index is 8.99. The average Bonchev–Trinajstić information content (AvgIpc) is 2.76. The molecule has 0 aliphatic carbocycles. The largest absolute Gasteiger partial charge is 0.256 e. The number of rotatable bonds is 4. The molecule has 0 saturated carbocycles. The highest BCUT2D eigenvalue weighted by atomic mass is 14.7. The monoisotopic (exact) mass is 392 g/mol. The van der Waals surface area contributed by atoms with Crippen molar-refractivity contribution in [3.63, 3.8) is 0 Å². The molecule has 0 spiro atoms. The fraction of sp³-hybridized carbons (Fsp3) is 0.393. The van der Waals surface area contributed by atoms with E-state index in [2.05, 4.69) is 4.98 Å². The minimum Gasteiger partial charge on any atom is -0.256 e. The molecule has 0 atom stereocenters. The molecule has 0 aliphatic heterocycles. The first-order valence-corrected chi connectivity index (χ1v) is 10.00. The summed E-state index contributed by atoms with van der Waals surface area (Å²) in [6.45, 7) is 8.44. The molecule has 0 radical (unpaired) electrons. The van der Waals surface area contributed by atoms with Gasteiger partial charge in [0.05, 0.1) is 5.69 Å². The molecule has 152 valence electrons. The van der Waals surface area contributed by atoms with E-state index in [-0.39, 0.29) is 16.7 Å². The Kier molecular flexibility index (Phi) is 3.86. The number of pyridine rings is 1. The van der Waals surface area contributed by atoms with Crippen LogP contribution in [-0.2, 0) is 12.7 Å². The fourth-order valence-electron chi connectivity index (χ4n) is 3.18. The zero-order valence-electron chi connectivity index (χ0n) is 25.2. The van der Waals surface area contributed by atoms with E-state index in [9.17, 15) is 0 Å². The van der Waals surface area contributed by atoms with Crippen LogP contribution in [0.3, 0.4) is 0 Å². The van der Waals surface area contributed by atoms with Crippen LogP contribution in [0.2, 0.25) is 0 Å². The first-order chi connectivity index (χ1) is 16.3. The van der Waals surface area contributed by atoms with Gasteiger partial charge in [0, 0.05) is 21.4 Å². The normalized spacial score (nSPS) is 17.2. The second-order valence-electron chi connectivity index (χ2n) is 9.49. The Hall–Kier alpha value is -2.41. The number of aromatic nitrogens is 1. The summed E-state index contributed by atoms with van der Waals surface area (Å²) in [5, 5.41) is 0. The van der Waals surface area contributed by atoms with Gasteiger partial charge in [-0.3, -0.25) is 4.98 Å². The van der Waals surface area contributed by atoms with Crippen molar-refractivity contribution in [3.05, 3.63) is 77.5 Å². The van der Waals surface area contributed by atoms with E-state index < -0.39 is 30.4 Å². The van der Waals surface area contributed by atoms with Crippen LogP contribution in [0.25, 0.3) is 22.4 Å². The van der Waals surface area contributed by atoms with E-state index >= 15 is 0 Å². The van der Waals surface area contributed by atoms with Crippen LogP contribution in [0.15, 0.2) is 60.8 Å². The minimum atomic E-state index is -2.31. The van der Waals surface area contributed by atoms with Crippen molar-refractivity contribution in [1.29, 1.82) is 0 Å². The van der Waals surface area contributed by atoms with Crippen LogP contribution >= 0.6 is 0 Å². The van der Waals surface area contributed by atoms with Gasteiger partial charge in [-0.25, -0.2) is 0 Å². The summed E-state index contributed by atoms with van der Waals surface area (Å²) in [6, 6.07) is 15.9. The average molecular weight is 393 g/mol. The highest BCUT2D eigenvalue weighted by Gasteiger charge is 2.19. The predicted octanol–water partition coefficient (Wildman–Crippen LogP) is 7.90. The van der Waals surface area contributed by atoms with Gasteiger partial charge in [0.25, 0.3) is 0 Å².